The number of ether oxygens (including phenoxy) is 2. The Labute approximate surface area is 154 Å². The Balaban J connectivity index is 1.55. The molecule has 8 heteroatoms. The molecule has 0 aromatic heterocycles. The van der Waals surface area contributed by atoms with Gasteiger partial charge in [0.05, 0.1) is 19.5 Å². The molecule has 0 spiro atoms. The first kappa shape index (κ1) is 19.0. The van der Waals surface area contributed by atoms with Crippen LogP contribution in [-0.2, 0) is 10.0 Å². The zero-order chi connectivity index (χ0) is 18.7. The third-order valence-corrected chi connectivity index (χ3v) is 7.48. The van der Waals surface area contributed by atoms with Gasteiger partial charge in [-0.2, -0.15) is 0 Å². The number of carbonyl (C=O) groups is 1. The van der Waals surface area contributed by atoms with Crippen LogP contribution in [0.15, 0.2) is 18.2 Å². The van der Waals surface area contributed by atoms with Crippen molar-refractivity contribution in [3.63, 3.8) is 0 Å². The maximum atomic E-state index is 12.6. The fraction of sp³-hybridized carbons (Fsp3) is 0.611. The lowest BCUT2D eigenvalue weighted by Gasteiger charge is -2.31. The van der Waals surface area contributed by atoms with Crippen molar-refractivity contribution >= 4 is 15.9 Å². The summed E-state index contributed by atoms with van der Waals surface area (Å²) in [5.74, 6) is 0.956. The normalized spacial score (nSPS) is 19.2. The third kappa shape index (κ3) is 3.96. The highest BCUT2D eigenvalue weighted by molar-refractivity contribution is 7.90. The van der Waals surface area contributed by atoms with Gasteiger partial charge in [0.2, 0.25) is 10.0 Å². The molecule has 7 nitrogen and oxygen atoms in total. The predicted molar refractivity (Wildman–Crippen MR) is 98.1 cm³/mol. The molecule has 0 radical (unpaired) electrons. The molecule has 1 heterocycles. The smallest absolute Gasteiger partial charge is 0.258 e. The van der Waals surface area contributed by atoms with Crippen LogP contribution in [0, 0.1) is 5.92 Å². The second kappa shape index (κ2) is 7.84. The predicted octanol–water partition coefficient (Wildman–Crippen LogP) is 1.64. The van der Waals surface area contributed by atoms with Crippen LogP contribution in [0.4, 0.5) is 0 Å². The zero-order valence-electron chi connectivity index (χ0n) is 15.2. The van der Waals surface area contributed by atoms with Crippen LogP contribution in [0.1, 0.15) is 36.0 Å². The average Bonchev–Trinajstić information content (AvgIpc) is 3.51. The molecule has 0 bridgehead atoms. The fourth-order valence-electron chi connectivity index (χ4n) is 3.35. The molecule has 1 aromatic carbocycles. The summed E-state index contributed by atoms with van der Waals surface area (Å²) < 4.78 is 36.7. The Kier molecular flexibility index (Phi) is 5.72. The second-order valence-electron chi connectivity index (χ2n) is 6.83. The van der Waals surface area contributed by atoms with Crippen molar-refractivity contribution in [2.75, 3.05) is 33.9 Å². The van der Waals surface area contributed by atoms with Crippen LogP contribution < -0.4 is 14.8 Å². The van der Waals surface area contributed by atoms with E-state index in [1.807, 2.05) is 0 Å². The van der Waals surface area contributed by atoms with Gasteiger partial charge in [-0.15, -0.1) is 0 Å². The Bertz CT molecular complexity index is 731. The number of hydrogen-bond donors (Lipinski definition) is 1. The van der Waals surface area contributed by atoms with Gasteiger partial charge in [-0.3, -0.25) is 4.79 Å². The maximum absolute atomic E-state index is 12.6. The van der Waals surface area contributed by atoms with Crippen molar-refractivity contribution in [2.45, 2.75) is 30.9 Å². The van der Waals surface area contributed by atoms with E-state index >= 15 is 0 Å². The lowest BCUT2D eigenvalue weighted by molar-refractivity contribution is 0.0935. The molecule has 1 saturated heterocycles. The van der Waals surface area contributed by atoms with Gasteiger partial charge in [0, 0.05) is 19.6 Å². The number of rotatable bonds is 7. The molecule has 2 fully saturated rings. The van der Waals surface area contributed by atoms with Gasteiger partial charge in [-0.25, -0.2) is 12.7 Å². The van der Waals surface area contributed by atoms with Crippen molar-refractivity contribution in [3.05, 3.63) is 23.8 Å². The Morgan fingerprint density at radius 3 is 2.19 bits per heavy atom. The number of piperidine rings is 1. The van der Waals surface area contributed by atoms with Crippen LogP contribution >= 0.6 is 0 Å². The summed E-state index contributed by atoms with van der Waals surface area (Å²) in [5, 5.41) is 2.78. The molecule has 3 rings (SSSR count). The first-order chi connectivity index (χ1) is 12.5. The van der Waals surface area contributed by atoms with E-state index in [2.05, 4.69) is 5.32 Å². The zero-order valence-corrected chi connectivity index (χ0v) is 16.0. The molecule has 1 aliphatic carbocycles. The Morgan fingerprint density at radius 1 is 1.12 bits per heavy atom. The van der Waals surface area contributed by atoms with Crippen LogP contribution in [0.5, 0.6) is 11.5 Å². The molecule has 144 valence electrons. The molecule has 2 aliphatic rings. The molecule has 1 aromatic rings. The summed E-state index contributed by atoms with van der Waals surface area (Å²) in [7, 11) is -0.0607. The number of hydrogen-bond acceptors (Lipinski definition) is 5. The summed E-state index contributed by atoms with van der Waals surface area (Å²) in [6.07, 6.45) is 3.10. The maximum Gasteiger partial charge on any atom is 0.258 e. The number of methoxy groups -OCH3 is 2. The molecule has 0 unspecified atom stereocenters. The monoisotopic (exact) mass is 382 g/mol. The lowest BCUT2D eigenvalue weighted by atomic mass is 9.98. The number of carbonyl (C=O) groups excluding carboxylic acids is 1. The quantitative estimate of drug-likeness (QED) is 0.775. The molecule has 1 saturated carbocycles. The molecular weight excluding hydrogens is 356 g/mol. The first-order valence-corrected chi connectivity index (χ1v) is 10.5. The number of benzene rings is 1. The summed E-state index contributed by atoms with van der Waals surface area (Å²) in [6, 6.07) is 5.21. The lowest BCUT2D eigenvalue weighted by Crippen LogP contribution is -2.42. The highest BCUT2D eigenvalue weighted by atomic mass is 32.2. The molecule has 1 aliphatic heterocycles. The molecule has 1 amide bonds. The summed E-state index contributed by atoms with van der Waals surface area (Å²) >= 11 is 0. The number of nitrogens with one attached hydrogen (secondary N) is 1. The minimum Gasteiger partial charge on any atom is -0.496 e. The number of nitrogens with zero attached hydrogens (tertiary/aromatic N) is 1. The summed E-state index contributed by atoms with van der Waals surface area (Å²) in [5.41, 5.74) is 0.381. The van der Waals surface area contributed by atoms with Crippen molar-refractivity contribution in [1.82, 2.24) is 9.62 Å². The molecular formula is C18H26N2O5S. The van der Waals surface area contributed by atoms with E-state index in [4.69, 9.17) is 9.47 Å². The van der Waals surface area contributed by atoms with E-state index in [0.717, 1.165) is 25.7 Å². The van der Waals surface area contributed by atoms with Crippen molar-refractivity contribution in [1.29, 1.82) is 0 Å². The van der Waals surface area contributed by atoms with E-state index in [1.165, 1.54) is 14.2 Å². The van der Waals surface area contributed by atoms with Crippen molar-refractivity contribution in [3.8, 4) is 11.5 Å². The average molecular weight is 382 g/mol. The van der Waals surface area contributed by atoms with Crippen LogP contribution in [0.25, 0.3) is 0 Å². The SMILES string of the molecule is COc1cccc(OC)c1C(=O)NCC1CCN(S(=O)(=O)C2CC2)CC1. The van der Waals surface area contributed by atoms with Crippen LogP contribution in [0.2, 0.25) is 0 Å². The number of sulfonamides is 1. The van der Waals surface area contributed by atoms with Gasteiger partial charge in [0.25, 0.3) is 5.91 Å². The molecule has 0 atom stereocenters. The van der Waals surface area contributed by atoms with E-state index in [1.54, 1.807) is 22.5 Å². The van der Waals surface area contributed by atoms with E-state index in [-0.39, 0.29) is 17.1 Å². The first-order valence-electron chi connectivity index (χ1n) is 8.95. The third-order valence-electron chi connectivity index (χ3n) is 5.09. The van der Waals surface area contributed by atoms with E-state index in [0.29, 0.717) is 36.7 Å². The minimum atomic E-state index is -3.09. The van der Waals surface area contributed by atoms with Gasteiger partial charge in [0.1, 0.15) is 17.1 Å². The highest BCUT2D eigenvalue weighted by Crippen LogP contribution is 2.33. The largest absolute Gasteiger partial charge is 0.496 e. The number of amides is 1. The standard InChI is InChI=1S/C18H26N2O5S/c1-24-15-4-3-5-16(25-2)17(15)18(21)19-12-13-8-10-20(11-9-13)26(22,23)14-6-7-14/h3-5,13-14H,6-12H2,1-2H3,(H,19,21). The van der Waals surface area contributed by atoms with Gasteiger partial charge in [0.15, 0.2) is 0 Å². The van der Waals surface area contributed by atoms with E-state index in [9.17, 15) is 13.2 Å². The summed E-state index contributed by atoms with van der Waals surface area (Å²) in [4.78, 5) is 12.6. The van der Waals surface area contributed by atoms with E-state index < -0.39 is 10.0 Å². The van der Waals surface area contributed by atoms with Gasteiger partial charge in [-0.1, -0.05) is 6.07 Å². The topological polar surface area (TPSA) is 84.9 Å². The van der Waals surface area contributed by atoms with Crippen LogP contribution in [-0.4, -0.2) is 57.7 Å². The highest BCUT2D eigenvalue weighted by Gasteiger charge is 2.41. The van der Waals surface area contributed by atoms with Gasteiger partial charge < -0.3 is 14.8 Å². The van der Waals surface area contributed by atoms with Crippen molar-refractivity contribution in [2.24, 2.45) is 5.92 Å². The van der Waals surface area contributed by atoms with Gasteiger partial charge in [-0.05, 0) is 43.7 Å². The Hall–Kier alpha value is -1.80. The fourth-order valence-corrected chi connectivity index (χ4v) is 5.22. The van der Waals surface area contributed by atoms with Crippen molar-refractivity contribution < 1.29 is 22.7 Å². The second-order valence-corrected chi connectivity index (χ2v) is 9.05. The van der Waals surface area contributed by atoms with Gasteiger partial charge >= 0.3 is 0 Å². The minimum absolute atomic E-state index is 0.156. The Morgan fingerprint density at radius 2 is 1.69 bits per heavy atom. The van der Waals surface area contributed by atoms with Crippen LogP contribution in [0.3, 0.4) is 0 Å². The molecule has 1 N–H and O–H groups in total. The summed E-state index contributed by atoms with van der Waals surface area (Å²) in [6.45, 7) is 1.59. The molecule has 26 heavy (non-hydrogen) atoms.